The van der Waals surface area contributed by atoms with Crippen LogP contribution in [0.2, 0.25) is 5.02 Å². The molecule has 1 aliphatic rings. The number of halogens is 2. The molecule has 2 heterocycles. The lowest BCUT2D eigenvalue weighted by molar-refractivity contribution is -0.141. The van der Waals surface area contributed by atoms with Gasteiger partial charge in [-0.05, 0) is 53.8 Å². The van der Waals surface area contributed by atoms with Gasteiger partial charge in [-0.1, -0.05) is 35.9 Å². The van der Waals surface area contributed by atoms with Gasteiger partial charge in [-0.3, -0.25) is 0 Å². The first-order chi connectivity index (χ1) is 15.5. The summed E-state index contributed by atoms with van der Waals surface area (Å²) in [5.41, 5.74) is 2.44. The van der Waals surface area contributed by atoms with E-state index in [9.17, 15) is 4.79 Å². The number of carbonyl (C=O) groups is 1. The highest BCUT2D eigenvalue weighted by molar-refractivity contribution is 6.30. The molecule has 1 aromatic heterocycles. The minimum Gasteiger partial charge on any atom is -0.496 e. The van der Waals surface area contributed by atoms with Crippen LogP contribution in [0.15, 0.2) is 54.7 Å². The third-order valence-corrected chi connectivity index (χ3v) is 5.98. The van der Waals surface area contributed by atoms with E-state index >= 15 is 4.39 Å². The summed E-state index contributed by atoms with van der Waals surface area (Å²) in [5.74, 6) is 0.574. The number of ether oxygens (including phenoxy) is 2. The number of pyridine rings is 1. The van der Waals surface area contributed by atoms with Crippen LogP contribution in [0.3, 0.4) is 0 Å². The van der Waals surface area contributed by atoms with Gasteiger partial charge in [-0.15, -0.1) is 0 Å². The van der Waals surface area contributed by atoms with E-state index in [1.807, 2.05) is 17.0 Å². The minimum atomic E-state index is -0.346. The first-order valence-electron chi connectivity index (χ1n) is 10.4. The summed E-state index contributed by atoms with van der Waals surface area (Å²) >= 11 is 6.12. The van der Waals surface area contributed by atoms with E-state index < -0.39 is 0 Å². The van der Waals surface area contributed by atoms with E-state index in [-0.39, 0.29) is 17.8 Å². The van der Waals surface area contributed by atoms with Crippen LogP contribution in [0.1, 0.15) is 24.0 Å². The minimum absolute atomic E-state index is 0.248. The van der Waals surface area contributed by atoms with Gasteiger partial charge in [0, 0.05) is 24.2 Å². The maximum atomic E-state index is 15.5. The molecule has 0 N–H and O–H groups in total. The molecule has 0 spiro atoms. The molecule has 32 heavy (non-hydrogen) atoms. The van der Waals surface area contributed by atoms with Crippen molar-refractivity contribution in [1.82, 2.24) is 4.98 Å². The van der Waals surface area contributed by atoms with Crippen molar-refractivity contribution in [2.45, 2.75) is 25.3 Å². The number of hydrogen-bond acceptors (Lipinski definition) is 5. The molecule has 3 aromatic rings. The Labute approximate surface area is 191 Å². The second-order valence-corrected chi connectivity index (χ2v) is 8.14. The van der Waals surface area contributed by atoms with Crippen molar-refractivity contribution in [2.24, 2.45) is 0 Å². The molecule has 4 rings (SSSR count). The molecule has 1 atom stereocenters. The summed E-state index contributed by atoms with van der Waals surface area (Å²) in [6, 6.07) is 14.0. The van der Waals surface area contributed by atoms with E-state index in [4.69, 9.17) is 21.1 Å². The Hall–Kier alpha value is -3.12. The molecule has 0 radical (unpaired) electrons. The van der Waals surface area contributed by atoms with Crippen molar-refractivity contribution in [3.63, 3.8) is 0 Å². The predicted molar refractivity (Wildman–Crippen MR) is 123 cm³/mol. The number of methoxy groups -OCH3 is 2. The maximum Gasteiger partial charge on any atom is 0.328 e. The highest BCUT2D eigenvalue weighted by Gasteiger charge is 2.32. The van der Waals surface area contributed by atoms with Crippen LogP contribution in [0.25, 0.3) is 11.1 Å². The van der Waals surface area contributed by atoms with Crippen LogP contribution >= 0.6 is 11.6 Å². The average Bonchev–Trinajstić information content (AvgIpc) is 3.30. The van der Waals surface area contributed by atoms with Crippen molar-refractivity contribution in [3.05, 3.63) is 76.7 Å². The molecular weight excluding hydrogens is 431 g/mol. The number of nitrogens with zero attached hydrogens (tertiary/aromatic N) is 2. The molecule has 0 amide bonds. The Balaban J connectivity index is 1.60. The molecule has 166 valence electrons. The Bertz CT molecular complexity index is 1120. The molecule has 0 saturated carbocycles. The van der Waals surface area contributed by atoms with Crippen LogP contribution in [0.5, 0.6) is 5.75 Å². The van der Waals surface area contributed by atoms with Gasteiger partial charge in [0.15, 0.2) is 0 Å². The molecule has 2 aromatic carbocycles. The summed E-state index contributed by atoms with van der Waals surface area (Å²) in [6.45, 7) is 0.752. The zero-order chi connectivity index (χ0) is 22.7. The Morgan fingerprint density at radius 2 is 2.06 bits per heavy atom. The number of hydrogen-bond donors (Lipinski definition) is 0. The summed E-state index contributed by atoms with van der Waals surface area (Å²) in [6.07, 6.45) is 3.76. The molecule has 7 heteroatoms. The molecule has 1 fully saturated rings. The van der Waals surface area contributed by atoms with Crippen LogP contribution in [0, 0.1) is 5.82 Å². The fourth-order valence-electron chi connectivity index (χ4n) is 4.15. The number of benzene rings is 2. The monoisotopic (exact) mass is 454 g/mol. The number of carbonyl (C=O) groups excluding carboxylic acids is 1. The first kappa shape index (κ1) is 22.1. The standard InChI is InChI=1S/C25H24ClFN2O3/c1-31-21-10-9-18(24(27)23(21)17-5-3-6-19(26)14-17)13-16-8-11-22(28-15-16)29-12-4-7-20(29)25(30)32-2/h3,5-6,8-11,14-15,20H,4,7,12-13H2,1-2H3. The summed E-state index contributed by atoms with van der Waals surface area (Å²) in [4.78, 5) is 18.5. The van der Waals surface area contributed by atoms with Crippen molar-refractivity contribution < 1.29 is 18.7 Å². The molecule has 0 bridgehead atoms. The molecule has 1 saturated heterocycles. The molecule has 1 aliphatic heterocycles. The van der Waals surface area contributed by atoms with E-state index in [1.54, 1.807) is 42.6 Å². The number of esters is 1. The molecule has 5 nitrogen and oxygen atoms in total. The van der Waals surface area contributed by atoms with Crippen molar-refractivity contribution >= 4 is 23.4 Å². The van der Waals surface area contributed by atoms with E-state index in [2.05, 4.69) is 4.98 Å². The topological polar surface area (TPSA) is 51.7 Å². The van der Waals surface area contributed by atoms with Crippen molar-refractivity contribution in [3.8, 4) is 16.9 Å². The third kappa shape index (κ3) is 4.41. The predicted octanol–water partition coefficient (Wildman–Crippen LogP) is 5.28. The number of anilines is 1. The fourth-order valence-corrected chi connectivity index (χ4v) is 4.34. The van der Waals surface area contributed by atoms with Crippen LogP contribution < -0.4 is 9.64 Å². The van der Waals surface area contributed by atoms with Gasteiger partial charge in [0.05, 0.1) is 19.8 Å². The van der Waals surface area contributed by atoms with Gasteiger partial charge in [0.1, 0.15) is 23.4 Å². The maximum absolute atomic E-state index is 15.5. The fraction of sp³-hybridized carbons (Fsp3) is 0.280. The second kappa shape index (κ2) is 9.57. The largest absolute Gasteiger partial charge is 0.496 e. The van der Waals surface area contributed by atoms with Crippen LogP contribution in [-0.2, 0) is 16.0 Å². The Kier molecular flexibility index (Phi) is 6.61. The highest BCUT2D eigenvalue weighted by Crippen LogP contribution is 2.36. The quantitative estimate of drug-likeness (QED) is 0.474. The third-order valence-electron chi connectivity index (χ3n) is 5.74. The number of aromatic nitrogens is 1. The van der Waals surface area contributed by atoms with Gasteiger partial charge >= 0.3 is 5.97 Å². The average molecular weight is 455 g/mol. The second-order valence-electron chi connectivity index (χ2n) is 7.70. The molecule has 1 unspecified atom stereocenters. The lowest BCUT2D eigenvalue weighted by Gasteiger charge is -2.23. The van der Waals surface area contributed by atoms with E-state index in [1.165, 1.54) is 14.2 Å². The first-order valence-corrected chi connectivity index (χ1v) is 10.8. The van der Waals surface area contributed by atoms with Crippen LogP contribution in [0.4, 0.5) is 10.2 Å². The number of rotatable bonds is 6. The summed E-state index contributed by atoms with van der Waals surface area (Å²) in [7, 11) is 2.92. The molecular formula is C25H24ClFN2O3. The van der Waals surface area contributed by atoms with Crippen molar-refractivity contribution in [2.75, 3.05) is 25.7 Å². The lowest BCUT2D eigenvalue weighted by atomic mass is 9.97. The van der Waals surface area contributed by atoms with Gasteiger partial charge in [-0.25, -0.2) is 14.2 Å². The van der Waals surface area contributed by atoms with Crippen molar-refractivity contribution in [1.29, 1.82) is 0 Å². The SMILES string of the molecule is COC(=O)C1CCCN1c1ccc(Cc2ccc(OC)c(-c3cccc(Cl)c3)c2F)cn1. The zero-order valence-corrected chi connectivity index (χ0v) is 18.7. The van der Waals surface area contributed by atoms with Gasteiger partial charge < -0.3 is 14.4 Å². The van der Waals surface area contributed by atoms with Crippen LogP contribution in [-0.4, -0.2) is 37.8 Å². The van der Waals surface area contributed by atoms with Gasteiger partial charge in [-0.2, -0.15) is 0 Å². The normalized spacial score (nSPS) is 15.6. The summed E-state index contributed by atoms with van der Waals surface area (Å²) in [5, 5.41) is 0.529. The highest BCUT2D eigenvalue weighted by atomic mass is 35.5. The van der Waals surface area contributed by atoms with E-state index in [0.29, 0.717) is 33.9 Å². The van der Waals surface area contributed by atoms with Gasteiger partial charge in [0.25, 0.3) is 0 Å². The van der Waals surface area contributed by atoms with E-state index in [0.717, 1.165) is 30.8 Å². The lowest BCUT2D eigenvalue weighted by Crippen LogP contribution is -2.37. The Morgan fingerprint density at radius 1 is 1.22 bits per heavy atom. The Morgan fingerprint density at radius 3 is 2.75 bits per heavy atom. The molecule has 0 aliphatic carbocycles. The smallest absolute Gasteiger partial charge is 0.328 e. The van der Waals surface area contributed by atoms with Gasteiger partial charge in [0.2, 0.25) is 0 Å². The zero-order valence-electron chi connectivity index (χ0n) is 18.0. The summed E-state index contributed by atoms with van der Waals surface area (Å²) < 4.78 is 25.8.